The maximum absolute atomic E-state index is 12.0. The van der Waals surface area contributed by atoms with Gasteiger partial charge in [0.1, 0.15) is 11.5 Å². The second-order valence-corrected chi connectivity index (χ2v) is 6.59. The minimum absolute atomic E-state index is 0.102. The molecule has 0 saturated carbocycles. The third-order valence-electron chi connectivity index (χ3n) is 5.16. The highest BCUT2D eigenvalue weighted by Gasteiger charge is 2.33. The normalized spacial score (nSPS) is 16.2. The number of carboxylic acid groups (broad SMARTS) is 1. The zero-order chi connectivity index (χ0) is 18.5. The Kier molecular flexibility index (Phi) is 5.66. The van der Waals surface area contributed by atoms with Crippen LogP contribution in [0.25, 0.3) is 0 Å². The van der Waals surface area contributed by atoms with Crippen LogP contribution in [-0.2, 0) is 4.79 Å². The van der Waals surface area contributed by atoms with Crippen LogP contribution in [0.5, 0.6) is 11.5 Å². The van der Waals surface area contributed by atoms with E-state index in [9.17, 15) is 9.90 Å². The molecule has 5 nitrogen and oxygen atoms in total. The van der Waals surface area contributed by atoms with Crippen LogP contribution in [0.4, 0.5) is 5.69 Å². The van der Waals surface area contributed by atoms with Crippen LogP contribution < -0.4 is 14.4 Å². The fourth-order valence-electron chi connectivity index (χ4n) is 3.82. The third kappa shape index (κ3) is 3.77. The number of aliphatic carboxylic acids is 1. The average Bonchev–Trinajstić information content (AvgIpc) is 2.68. The Balaban J connectivity index is 1.75. The molecule has 0 spiro atoms. The fourth-order valence-corrected chi connectivity index (χ4v) is 3.82. The molecular formula is C21H25NO4. The molecule has 2 aromatic rings. The maximum Gasteiger partial charge on any atom is 0.311 e. The molecule has 138 valence electrons. The summed E-state index contributed by atoms with van der Waals surface area (Å²) in [6, 6.07) is 15.4. The summed E-state index contributed by atoms with van der Waals surface area (Å²) < 4.78 is 10.7. The molecule has 1 aliphatic rings. The van der Waals surface area contributed by atoms with E-state index in [2.05, 4.69) is 11.0 Å². The van der Waals surface area contributed by atoms with Crippen LogP contribution >= 0.6 is 0 Å². The van der Waals surface area contributed by atoms with Gasteiger partial charge in [-0.3, -0.25) is 4.79 Å². The minimum Gasteiger partial charge on any atom is -0.497 e. The van der Waals surface area contributed by atoms with Crippen LogP contribution in [0.15, 0.2) is 48.5 Å². The molecule has 3 rings (SSSR count). The van der Waals surface area contributed by atoms with Gasteiger partial charge in [-0.1, -0.05) is 24.3 Å². The van der Waals surface area contributed by atoms with Crippen molar-refractivity contribution in [2.24, 2.45) is 5.92 Å². The summed E-state index contributed by atoms with van der Waals surface area (Å²) in [5, 5.41) is 9.83. The molecule has 0 aliphatic carbocycles. The summed E-state index contributed by atoms with van der Waals surface area (Å²) in [6.45, 7) is 1.64. The molecule has 0 aromatic heterocycles. The van der Waals surface area contributed by atoms with Gasteiger partial charge in [0.2, 0.25) is 0 Å². The van der Waals surface area contributed by atoms with Crippen molar-refractivity contribution in [3.05, 3.63) is 54.1 Å². The van der Waals surface area contributed by atoms with Gasteiger partial charge in [0, 0.05) is 13.1 Å². The molecule has 26 heavy (non-hydrogen) atoms. The molecule has 1 fully saturated rings. The lowest BCUT2D eigenvalue weighted by Gasteiger charge is -2.36. The number of ether oxygens (including phenoxy) is 2. The van der Waals surface area contributed by atoms with Gasteiger partial charge in [0.05, 0.1) is 25.8 Å². The zero-order valence-electron chi connectivity index (χ0n) is 15.2. The smallest absolute Gasteiger partial charge is 0.311 e. The van der Waals surface area contributed by atoms with E-state index in [-0.39, 0.29) is 5.92 Å². The number of piperidine rings is 1. The van der Waals surface area contributed by atoms with Crippen LogP contribution in [-0.4, -0.2) is 38.4 Å². The van der Waals surface area contributed by atoms with E-state index in [1.807, 2.05) is 42.5 Å². The minimum atomic E-state index is -0.769. The lowest BCUT2D eigenvalue weighted by Crippen LogP contribution is -2.37. The fraction of sp³-hybridized carbons (Fsp3) is 0.381. The Hall–Kier alpha value is -2.69. The van der Waals surface area contributed by atoms with Gasteiger partial charge in [-0.05, 0) is 48.6 Å². The predicted molar refractivity (Wildman–Crippen MR) is 101 cm³/mol. The molecule has 0 radical (unpaired) electrons. The van der Waals surface area contributed by atoms with E-state index in [0.717, 1.165) is 42.9 Å². The molecule has 5 heteroatoms. The second kappa shape index (κ2) is 8.13. The molecule has 1 saturated heterocycles. The summed E-state index contributed by atoms with van der Waals surface area (Å²) in [5.74, 6) is 0.373. The third-order valence-corrected chi connectivity index (χ3v) is 5.16. The van der Waals surface area contributed by atoms with E-state index in [1.54, 1.807) is 14.2 Å². The Bertz CT molecular complexity index is 753. The van der Waals surface area contributed by atoms with Gasteiger partial charge in [-0.15, -0.1) is 0 Å². The number of para-hydroxylation sites is 2. The van der Waals surface area contributed by atoms with Crippen molar-refractivity contribution in [2.45, 2.75) is 18.8 Å². The Morgan fingerprint density at radius 1 is 1.08 bits per heavy atom. The number of carbonyl (C=O) groups is 1. The second-order valence-electron chi connectivity index (χ2n) is 6.59. The van der Waals surface area contributed by atoms with E-state index in [0.29, 0.717) is 5.75 Å². The first-order chi connectivity index (χ1) is 12.6. The SMILES string of the molecule is COc1cccc(C(C(=O)O)C2CCN(c3ccccc3OC)CC2)c1. The van der Waals surface area contributed by atoms with Crippen molar-refractivity contribution in [3.63, 3.8) is 0 Å². The maximum atomic E-state index is 12.0. The van der Waals surface area contributed by atoms with Crippen molar-refractivity contribution in [3.8, 4) is 11.5 Å². The van der Waals surface area contributed by atoms with Gasteiger partial charge in [-0.25, -0.2) is 0 Å². The molecule has 1 aliphatic heterocycles. The summed E-state index contributed by atoms with van der Waals surface area (Å²) in [4.78, 5) is 14.3. The topological polar surface area (TPSA) is 59.0 Å². The zero-order valence-corrected chi connectivity index (χ0v) is 15.2. The van der Waals surface area contributed by atoms with Crippen LogP contribution in [0, 0.1) is 5.92 Å². The van der Waals surface area contributed by atoms with E-state index >= 15 is 0 Å². The molecular weight excluding hydrogens is 330 g/mol. The first kappa shape index (κ1) is 18.1. The van der Waals surface area contributed by atoms with Gasteiger partial charge in [0.15, 0.2) is 0 Å². The number of hydrogen-bond acceptors (Lipinski definition) is 4. The first-order valence-corrected chi connectivity index (χ1v) is 8.88. The van der Waals surface area contributed by atoms with Crippen LogP contribution in [0.2, 0.25) is 0 Å². The van der Waals surface area contributed by atoms with Gasteiger partial charge in [0.25, 0.3) is 0 Å². The first-order valence-electron chi connectivity index (χ1n) is 8.88. The monoisotopic (exact) mass is 355 g/mol. The van der Waals surface area contributed by atoms with Gasteiger partial charge < -0.3 is 19.5 Å². The Morgan fingerprint density at radius 2 is 1.81 bits per heavy atom. The molecule has 1 N–H and O–H groups in total. The number of carboxylic acids is 1. The van der Waals surface area contributed by atoms with Crippen molar-refractivity contribution >= 4 is 11.7 Å². The Morgan fingerprint density at radius 3 is 2.46 bits per heavy atom. The number of nitrogens with zero attached hydrogens (tertiary/aromatic N) is 1. The summed E-state index contributed by atoms with van der Waals surface area (Å²) in [5.41, 5.74) is 1.88. The summed E-state index contributed by atoms with van der Waals surface area (Å²) in [6.07, 6.45) is 1.65. The summed E-state index contributed by atoms with van der Waals surface area (Å²) in [7, 11) is 3.27. The van der Waals surface area contributed by atoms with Crippen molar-refractivity contribution < 1.29 is 19.4 Å². The Labute approximate surface area is 154 Å². The van der Waals surface area contributed by atoms with E-state index < -0.39 is 11.9 Å². The number of methoxy groups -OCH3 is 2. The number of anilines is 1. The standard InChI is InChI=1S/C21H25NO4/c1-25-17-7-5-6-16(14-17)20(21(23)24)15-10-12-22(13-11-15)18-8-3-4-9-19(18)26-2/h3-9,14-15,20H,10-13H2,1-2H3,(H,23,24). The van der Waals surface area contributed by atoms with Gasteiger partial charge in [-0.2, -0.15) is 0 Å². The molecule has 1 heterocycles. The van der Waals surface area contributed by atoms with Gasteiger partial charge >= 0.3 is 5.97 Å². The lowest BCUT2D eigenvalue weighted by atomic mass is 9.80. The highest BCUT2D eigenvalue weighted by atomic mass is 16.5. The van der Waals surface area contributed by atoms with Crippen LogP contribution in [0.3, 0.4) is 0 Å². The number of benzene rings is 2. The largest absolute Gasteiger partial charge is 0.497 e. The van der Waals surface area contributed by atoms with Crippen molar-refractivity contribution in [2.75, 3.05) is 32.2 Å². The van der Waals surface area contributed by atoms with Crippen molar-refractivity contribution in [1.82, 2.24) is 0 Å². The molecule has 1 unspecified atom stereocenters. The summed E-state index contributed by atoms with van der Waals surface area (Å²) >= 11 is 0. The van der Waals surface area contributed by atoms with Crippen molar-refractivity contribution in [1.29, 1.82) is 0 Å². The molecule has 2 aromatic carbocycles. The number of rotatable bonds is 6. The highest BCUT2D eigenvalue weighted by Crippen LogP contribution is 2.37. The lowest BCUT2D eigenvalue weighted by molar-refractivity contribution is -0.140. The van der Waals surface area contributed by atoms with E-state index in [1.165, 1.54) is 0 Å². The molecule has 0 amide bonds. The predicted octanol–water partition coefficient (Wildman–Crippen LogP) is 3.79. The average molecular weight is 355 g/mol. The molecule has 1 atom stereocenters. The highest BCUT2D eigenvalue weighted by molar-refractivity contribution is 5.77. The van der Waals surface area contributed by atoms with Crippen LogP contribution in [0.1, 0.15) is 24.3 Å². The van der Waals surface area contributed by atoms with E-state index in [4.69, 9.17) is 9.47 Å². The molecule has 0 bridgehead atoms. The quantitative estimate of drug-likeness (QED) is 0.854. The number of hydrogen-bond donors (Lipinski definition) is 1.